The first-order valence-corrected chi connectivity index (χ1v) is 7.14. The summed E-state index contributed by atoms with van der Waals surface area (Å²) < 4.78 is 0. The molecule has 0 saturated heterocycles. The van der Waals surface area contributed by atoms with Crippen LogP contribution in [0.4, 0.5) is 0 Å². The van der Waals surface area contributed by atoms with Crippen molar-refractivity contribution in [2.75, 3.05) is 24.6 Å². The Kier molecular flexibility index (Phi) is 6.50. The Morgan fingerprint density at radius 3 is 2.75 bits per heavy atom. The van der Waals surface area contributed by atoms with Crippen molar-refractivity contribution in [3.05, 3.63) is 29.6 Å². The van der Waals surface area contributed by atoms with Gasteiger partial charge in [0.05, 0.1) is 5.69 Å². The maximum atomic E-state index is 4.54. The van der Waals surface area contributed by atoms with Crippen molar-refractivity contribution < 1.29 is 0 Å². The highest BCUT2D eigenvalue weighted by atomic mass is 32.2. The van der Waals surface area contributed by atoms with Crippen molar-refractivity contribution in [3.63, 3.8) is 0 Å². The molecule has 0 aliphatic carbocycles. The van der Waals surface area contributed by atoms with E-state index < -0.39 is 0 Å². The summed E-state index contributed by atoms with van der Waals surface area (Å²) in [7, 11) is 0. The van der Waals surface area contributed by atoms with E-state index in [0.717, 1.165) is 25.3 Å². The Morgan fingerprint density at radius 2 is 2.12 bits per heavy atom. The zero-order valence-corrected chi connectivity index (χ0v) is 11.4. The first-order valence-electron chi connectivity index (χ1n) is 5.99. The van der Waals surface area contributed by atoms with Gasteiger partial charge in [-0.25, -0.2) is 0 Å². The van der Waals surface area contributed by atoms with Crippen LogP contribution < -0.4 is 0 Å². The van der Waals surface area contributed by atoms with Gasteiger partial charge in [-0.15, -0.1) is 0 Å². The molecule has 0 aromatic carbocycles. The predicted molar refractivity (Wildman–Crippen MR) is 72.9 cm³/mol. The van der Waals surface area contributed by atoms with Crippen molar-refractivity contribution in [2.45, 2.75) is 27.3 Å². The minimum atomic E-state index is 0.975. The first-order chi connectivity index (χ1) is 7.76. The fourth-order valence-electron chi connectivity index (χ4n) is 1.60. The predicted octanol–water partition coefficient (Wildman–Crippen LogP) is 2.97. The van der Waals surface area contributed by atoms with Gasteiger partial charge in [-0.3, -0.25) is 9.88 Å². The molecule has 1 rings (SSSR count). The summed E-state index contributed by atoms with van der Waals surface area (Å²) in [5, 5.41) is 0. The number of nitrogens with zero attached hydrogens (tertiary/aromatic N) is 2. The lowest BCUT2D eigenvalue weighted by Gasteiger charge is -2.19. The number of aromatic nitrogens is 1. The molecular formula is C13H22N2S. The van der Waals surface area contributed by atoms with Gasteiger partial charge >= 0.3 is 0 Å². The average Bonchev–Trinajstić information content (AvgIpc) is 2.28. The van der Waals surface area contributed by atoms with Gasteiger partial charge in [-0.2, -0.15) is 11.8 Å². The summed E-state index contributed by atoms with van der Waals surface area (Å²) in [5.41, 5.74) is 2.29. The number of hydrogen-bond acceptors (Lipinski definition) is 3. The molecule has 0 bridgehead atoms. The normalized spacial score (nSPS) is 11.0. The molecule has 2 nitrogen and oxygen atoms in total. The zero-order valence-electron chi connectivity index (χ0n) is 10.6. The summed E-state index contributed by atoms with van der Waals surface area (Å²) in [5.74, 6) is 2.43. The molecule has 0 radical (unpaired) electrons. The smallest absolute Gasteiger partial charge is 0.0547 e. The molecule has 1 aromatic heterocycles. The topological polar surface area (TPSA) is 16.1 Å². The van der Waals surface area contributed by atoms with E-state index in [-0.39, 0.29) is 0 Å². The third-order valence-corrected chi connectivity index (χ3v) is 3.41. The average molecular weight is 238 g/mol. The van der Waals surface area contributed by atoms with E-state index in [2.05, 4.69) is 35.9 Å². The molecule has 0 unspecified atom stereocenters. The monoisotopic (exact) mass is 238 g/mol. The van der Waals surface area contributed by atoms with Crippen molar-refractivity contribution >= 4 is 11.8 Å². The summed E-state index contributed by atoms with van der Waals surface area (Å²) >= 11 is 2.00. The second-order valence-electron chi connectivity index (χ2n) is 3.84. The summed E-state index contributed by atoms with van der Waals surface area (Å²) in [4.78, 5) is 6.99. The Bertz CT molecular complexity index is 302. The van der Waals surface area contributed by atoms with E-state index >= 15 is 0 Å². The van der Waals surface area contributed by atoms with E-state index in [1.54, 1.807) is 0 Å². The number of pyridine rings is 1. The van der Waals surface area contributed by atoms with Crippen molar-refractivity contribution in [3.8, 4) is 0 Å². The molecule has 0 atom stereocenters. The Labute approximate surface area is 103 Å². The quantitative estimate of drug-likeness (QED) is 0.679. The number of rotatable bonds is 7. The van der Waals surface area contributed by atoms with E-state index in [9.17, 15) is 0 Å². The third-order valence-electron chi connectivity index (χ3n) is 2.53. The van der Waals surface area contributed by atoms with Crippen LogP contribution in [0.5, 0.6) is 0 Å². The summed E-state index contributed by atoms with van der Waals surface area (Å²) in [6, 6.07) is 6.25. The van der Waals surface area contributed by atoms with Gasteiger partial charge in [0.25, 0.3) is 0 Å². The maximum absolute atomic E-state index is 4.54. The minimum absolute atomic E-state index is 0.975. The molecule has 0 aliphatic rings. The molecule has 1 heterocycles. The van der Waals surface area contributed by atoms with Gasteiger partial charge in [-0.1, -0.05) is 19.9 Å². The van der Waals surface area contributed by atoms with Gasteiger partial charge in [-0.05, 0) is 31.4 Å². The van der Waals surface area contributed by atoms with Gasteiger partial charge in [0, 0.05) is 24.5 Å². The van der Waals surface area contributed by atoms with Gasteiger partial charge in [0.1, 0.15) is 0 Å². The van der Waals surface area contributed by atoms with Crippen LogP contribution in [0.15, 0.2) is 18.2 Å². The van der Waals surface area contributed by atoms with Crippen molar-refractivity contribution in [2.24, 2.45) is 0 Å². The third kappa shape index (κ3) is 4.99. The van der Waals surface area contributed by atoms with Crippen LogP contribution in [-0.2, 0) is 6.54 Å². The lowest BCUT2D eigenvalue weighted by atomic mass is 10.3. The molecule has 0 saturated carbocycles. The molecule has 0 fully saturated rings. The lowest BCUT2D eigenvalue weighted by molar-refractivity contribution is 0.294. The van der Waals surface area contributed by atoms with Crippen LogP contribution in [0.1, 0.15) is 25.2 Å². The molecule has 0 spiro atoms. The van der Waals surface area contributed by atoms with Gasteiger partial charge < -0.3 is 0 Å². The highest BCUT2D eigenvalue weighted by Gasteiger charge is 2.04. The van der Waals surface area contributed by atoms with Crippen LogP contribution in [-0.4, -0.2) is 34.5 Å². The van der Waals surface area contributed by atoms with Gasteiger partial charge in [0.2, 0.25) is 0 Å². The molecule has 0 N–H and O–H groups in total. The van der Waals surface area contributed by atoms with Crippen LogP contribution in [0, 0.1) is 6.92 Å². The highest BCUT2D eigenvalue weighted by Crippen LogP contribution is 2.05. The number of hydrogen-bond donors (Lipinski definition) is 0. The van der Waals surface area contributed by atoms with Gasteiger partial charge in [0.15, 0.2) is 0 Å². The second kappa shape index (κ2) is 7.69. The Morgan fingerprint density at radius 1 is 1.31 bits per heavy atom. The van der Waals surface area contributed by atoms with E-state index in [1.165, 1.54) is 17.2 Å². The Hall–Kier alpha value is -0.540. The SMILES string of the molecule is CCSCCN(CC)Cc1cccc(C)n1. The molecule has 0 aliphatic heterocycles. The maximum Gasteiger partial charge on any atom is 0.0547 e. The fourth-order valence-corrected chi connectivity index (χ4v) is 2.28. The van der Waals surface area contributed by atoms with E-state index in [1.807, 2.05) is 24.8 Å². The lowest BCUT2D eigenvalue weighted by Crippen LogP contribution is -2.26. The van der Waals surface area contributed by atoms with E-state index in [4.69, 9.17) is 0 Å². The molecule has 3 heteroatoms. The minimum Gasteiger partial charge on any atom is -0.297 e. The molecule has 90 valence electrons. The highest BCUT2D eigenvalue weighted by molar-refractivity contribution is 7.99. The largest absolute Gasteiger partial charge is 0.297 e. The summed E-state index contributed by atoms with van der Waals surface area (Å²) in [6.07, 6.45) is 0. The van der Waals surface area contributed by atoms with Crippen LogP contribution in [0.25, 0.3) is 0 Å². The van der Waals surface area contributed by atoms with Crippen molar-refractivity contribution in [1.29, 1.82) is 0 Å². The standard InChI is InChI=1S/C13H22N2S/c1-4-15(9-10-16-5-2)11-13-8-6-7-12(3)14-13/h6-8H,4-5,9-11H2,1-3H3. The molecule has 0 amide bonds. The Balaban J connectivity index is 2.43. The van der Waals surface area contributed by atoms with E-state index in [0.29, 0.717) is 0 Å². The molecular weight excluding hydrogens is 216 g/mol. The van der Waals surface area contributed by atoms with Crippen LogP contribution >= 0.6 is 11.8 Å². The number of aryl methyl sites for hydroxylation is 1. The summed E-state index contributed by atoms with van der Waals surface area (Å²) in [6.45, 7) is 9.70. The first kappa shape index (κ1) is 13.5. The van der Waals surface area contributed by atoms with Crippen molar-refractivity contribution in [1.82, 2.24) is 9.88 Å². The molecule has 1 aromatic rings. The fraction of sp³-hybridized carbons (Fsp3) is 0.615. The second-order valence-corrected chi connectivity index (χ2v) is 5.23. The zero-order chi connectivity index (χ0) is 11.8. The molecule has 16 heavy (non-hydrogen) atoms. The number of thioether (sulfide) groups is 1. The van der Waals surface area contributed by atoms with Crippen LogP contribution in [0.3, 0.4) is 0 Å². The van der Waals surface area contributed by atoms with Crippen LogP contribution in [0.2, 0.25) is 0 Å².